The summed E-state index contributed by atoms with van der Waals surface area (Å²) >= 11 is 0. The summed E-state index contributed by atoms with van der Waals surface area (Å²) in [5, 5.41) is 0.392. The normalized spacial score (nSPS) is 10.9. The maximum absolute atomic E-state index is 14.1. The van der Waals surface area contributed by atoms with Crippen LogP contribution in [0, 0.1) is 17.5 Å². The topological polar surface area (TPSA) is 102 Å². The molecule has 5 rings (SSSR count). The van der Waals surface area contributed by atoms with Gasteiger partial charge in [0.1, 0.15) is 29.3 Å². The molecule has 0 bridgehead atoms. The van der Waals surface area contributed by atoms with Crippen molar-refractivity contribution < 1.29 is 13.2 Å². The number of aryl methyl sites for hydroxylation is 1. The molecule has 0 spiro atoms. The molecular formula is C23H19F3N6O. The number of hydrogen-bond donors (Lipinski definition) is 2. The maximum Gasteiger partial charge on any atom is 0.266 e. The number of nitrogens with zero attached hydrogens (tertiary/aromatic N) is 4. The summed E-state index contributed by atoms with van der Waals surface area (Å²) < 4.78 is 42.3. The molecule has 0 atom stereocenters. The second-order valence-electron chi connectivity index (χ2n) is 7.22. The molecule has 0 aliphatic carbocycles. The number of imidazole rings is 1. The van der Waals surface area contributed by atoms with Gasteiger partial charge in [0.15, 0.2) is 11.5 Å². The fourth-order valence-electron chi connectivity index (χ4n) is 3.55. The molecule has 7 nitrogen and oxygen atoms in total. The molecule has 3 aromatic heterocycles. The van der Waals surface area contributed by atoms with Gasteiger partial charge in [-0.05, 0) is 36.1 Å². The molecule has 2 aromatic carbocycles. The standard InChI is InChI=1S/C18H14F3NO.C5H5N5/c1-2-4-14-7-11-5-3-6-16(21)17(11)18(23)22(14)15-9-12(19)8-13(20)10-15;6-4-3-5(9-1-7-3)10-2-8-4/h3,5-10H,2,4H2,1H3;1-2H,(H3,6,7,8,9,10). The summed E-state index contributed by atoms with van der Waals surface area (Å²) in [5.41, 5.74) is 6.80. The first-order valence-electron chi connectivity index (χ1n) is 10.1. The van der Waals surface area contributed by atoms with Crippen LogP contribution in [0.4, 0.5) is 19.0 Å². The summed E-state index contributed by atoms with van der Waals surface area (Å²) in [6.45, 7) is 1.93. The van der Waals surface area contributed by atoms with E-state index in [-0.39, 0.29) is 11.1 Å². The van der Waals surface area contributed by atoms with Gasteiger partial charge >= 0.3 is 0 Å². The summed E-state index contributed by atoms with van der Waals surface area (Å²) in [7, 11) is 0. The van der Waals surface area contributed by atoms with E-state index in [1.54, 1.807) is 12.1 Å². The quantitative estimate of drug-likeness (QED) is 0.425. The van der Waals surface area contributed by atoms with Crippen LogP contribution in [0.1, 0.15) is 19.0 Å². The number of nitrogens with two attached hydrogens (primary N) is 1. The molecule has 3 heterocycles. The summed E-state index contributed by atoms with van der Waals surface area (Å²) in [5.74, 6) is -1.80. The second kappa shape index (κ2) is 9.11. The molecule has 0 unspecified atom stereocenters. The largest absolute Gasteiger partial charge is 0.382 e. The van der Waals surface area contributed by atoms with Crippen molar-refractivity contribution in [3.63, 3.8) is 0 Å². The molecule has 5 aromatic rings. The van der Waals surface area contributed by atoms with Crippen molar-refractivity contribution in [3.05, 3.63) is 88.6 Å². The van der Waals surface area contributed by atoms with Crippen LogP contribution in [0.25, 0.3) is 27.6 Å². The van der Waals surface area contributed by atoms with Gasteiger partial charge in [0.25, 0.3) is 5.56 Å². The molecule has 3 N–H and O–H groups in total. The number of pyridine rings is 1. The molecule has 0 aliphatic heterocycles. The maximum atomic E-state index is 14.1. The number of hydrogen-bond acceptors (Lipinski definition) is 5. The highest BCUT2D eigenvalue weighted by molar-refractivity contribution is 5.83. The number of aromatic amines is 1. The number of anilines is 1. The van der Waals surface area contributed by atoms with E-state index in [1.807, 2.05) is 6.92 Å². The van der Waals surface area contributed by atoms with Crippen molar-refractivity contribution in [1.29, 1.82) is 0 Å². The molecule has 0 saturated carbocycles. The zero-order valence-corrected chi connectivity index (χ0v) is 17.5. The number of halogens is 3. The van der Waals surface area contributed by atoms with E-state index in [0.29, 0.717) is 34.5 Å². The zero-order chi connectivity index (χ0) is 23.5. The Hall–Kier alpha value is -4.21. The Morgan fingerprint density at radius 2 is 1.79 bits per heavy atom. The van der Waals surface area contributed by atoms with E-state index in [4.69, 9.17) is 5.73 Å². The number of benzene rings is 2. The van der Waals surface area contributed by atoms with Gasteiger partial charge in [-0.25, -0.2) is 28.1 Å². The van der Waals surface area contributed by atoms with Gasteiger partial charge in [0.2, 0.25) is 0 Å². The Morgan fingerprint density at radius 3 is 2.48 bits per heavy atom. The summed E-state index contributed by atoms with van der Waals surface area (Å²) in [4.78, 5) is 27.1. The number of nitrogen functional groups attached to an aromatic ring is 1. The lowest BCUT2D eigenvalue weighted by Gasteiger charge is -2.15. The van der Waals surface area contributed by atoms with Crippen molar-refractivity contribution in [2.75, 3.05) is 5.73 Å². The van der Waals surface area contributed by atoms with Crippen molar-refractivity contribution >= 4 is 27.8 Å². The van der Waals surface area contributed by atoms with Gasteiger partial charge < -0.3 is 10.7 Å². The lowest BCUT2D eigenvalue weighted by molar-refractivity contribution is 0.580. The van der Waals surface area contributed by atoms with E-state index in [2.05, 4.69) is 19.9 Å². The van der Waals surface area contributed by atoms with E-state index >= 15 is 0 Å². The Labute approximate surface area is 185 Å². The van der Waals surface area contributed by atoms with Crippen LogP contribution in [0.3, 0.4) is 0 Å². The molecule has 33 heavy (non-hydrogen) atoms. The van der Waals surface area contributed by atoms with E-state index in [1.165, 1.54) is 29.4 Å². The first kappa shape index (κ1) is 22.0. The number of nitrogens with one attached hydrogen (secondary N) is 1. The van der Waals surface area contributed by atoms with Crippen molar-refractivity contribution in [2.45, 2.75) is 19.8 Å². The first-order chi connectivity index (χ1) is 15.9. The van der Waals surface area contributed by atoms with Crippen molar-refractivity contribution in [3.8, 4) is 5.69 Å². The molecule has 0 fully saturated rings. The molecule has 10 heteroatoms. The van der Waals surface area contributed by atoms with Crippen LogP contribution in [0.15, 0.2) is 59.9 Å². The van der Waals surface area contributed by atoms with Gasteiger partial charge in [-0.15, -0.1) is 0 Å². The number of rotatable bonds is 3. The second-order valence-corrected chi connectivity index (χ2v) is 7.22. The van der Waals surface area contributed by atoms with Crippen molar-refractivity contribution in [2.24, 2.45) is 0 Å². The lowest BCUT2D eigenvalue weighted by Crippen LogP contribution is -2.23. The molecule has 0 aliphatic rings. The smallest absolute Gasteiger partial charge is 0.266 e. The van der Waals surface area contributed by atoms with E-state index in [9.17, 15) is 18.0 Å². The third-order valence-electron chi connectivity index (χ3n) is 4.94. The highest BCUT2D eigenvalue weighted by Gasteiger charge is 2.15. The molecular weight excluding hydrogens is 433 g/mol. The first-order valence-corrected chi connectivity index (χ1v) is 10.1. The highest BCUT2D eigenvalue weighted by Crippen LogP contribution is 2.20. The third-order valence-corrected chi connectivity index (χ3v) is 4.94. The Bertz CT molecular complexity index is 1490. The number of aromatic nitrogens is 5. The van der Waals surface area contributed by atoms with Crippen molar-refractivity contribution in [1.82, 2.24) is 24.5 Å². The van der Waals surface area contributed by atoms with E-state index in [0.717, 1.165) is 24.6 Å². The van der Waals surface area contributed by atoms with Crippen LogP contribution in [-0.4, -0.2) is 24.5 Å². The Balaban J connectivity index is 0.000000214. The van der Waals surface area contributed by atoms with E-state index < -0.39 is 23.0 Å². The number of H-pyrrole nitrogens is 1. The Kier molecular flexibility index (Phi) is 6.07. The summed E-state index contributed by atoms with van der Waals surface area (Å²) in [6.07, 6.45) is 4.19. The average Bonchev–Trinajstić information content (AvgIpc) is 3.24. The van der Waals surface area contributed by atoms with Gasteiger partial charge in [-0.3, -0.25) is 9.36 Å². The van der Waals surface area contributed by atoms with Gasteiger partial charge in [-0.1, -0.05) is 25.5 Å². The molecule has 0 radical (unpaired) electrons. The van der Waals surface area contributed by atoms with Crippen LogP contribution in [0.2, 0.25) is 0 Å². The number of fused-ring (bicyclic) bond motifs is 2. The minimum Gasteiger partial charge on any atom is -0.382 e. The highest BCUT2D eigenvalue weighted by atomic mass is 19.1. The van der Waals surface area contributed by atoms with Gasteiger partial charge in [-0.2, -0.15) is 0 Å². The minimum atomic E-state index is -0.789. The SMILES string of the molecule is CCCc1cc2cccc(F)c2c(=O)n1-c1cc(F)cc(F)c1.Nc1ncnc2nc[nH]c12. The van der Waals surface area contributed by atoms with Gasteiger partial charge in [0, 0.05) is 11.8 Å². The zero-order valence-electron chi connectivity index (χ0n) is 17.5. The molecule has 168 valence electrons. The fourth-order valence-corrected chi connectivity index (χ4v) is 3.55. The monoisotopic (exact) mass is 452 g/mol. The molecule has 0 amide bonds. The predicted molar refractivity (Wildman–Crippen MR) is 120 cm³/mol. The summed E-state index contributed by atoms with van der Waals surface area (Å²) in [6, 6.07) is 8.92. The minimum absolute atomic E-state index is 0.0566. The van der Waals surface area contributed by atoms with Crippen LogP contribution >= 0.6 is 0 Å². The fraction of sp³-hybridized carbons (Fsp3) is 0.130. The van der Waals surface area contributed by atoms with Gasteiger partial charge in [0.05, 0.1) is 17.4 Å². The third kappa shape index (κ3) is 4.40. The van der Waals surface area contributed by atoms with Crippen LogP contribution in [0.5, 0.6) is 0 Å². The predicted octanol–water partition coefficient (Wildman–Crippen LogP) is 4.30. The van der Waals surface area contributed by atoms with Crippen LogP contribution in [-0.2, 0) is 6.42 Å². The average molecular weight is 452 g/mol. The van der Waals surface area contributed by atoms with Crippen LogP contribution < -0.4 is 11.3 Å². The molecule has 0 saturated heterocycles. The Morgan fingerprint density at radius 1 is 1.03 bits per heavy atom. The lowest BCUT2D eigenvalue weighted by atomic mass is 10.1.